The Labute approximate surface area is 176 Å². The van der Waals surface area contributed by atoms with Crippen molar-refractivity contribution in [1.82, 2.24) is 10.3 Å². The molecule has 4 heterocycles. The number of ether oxygens (including phenoxy) is 2. The van der Waals surface area contributed by atoms with E-state index in [4.69, 9.17) is 9.47 Å². The van der Waals surface area contributed by atoms with E-state index in [1.807, 2.05) is 30.6 Å². The van der Waals surface area contributed by atoms with Gasteiger partial charge >= 0.3 is 0 Å². The second kappa shape index (κ2) is 7.03. The number of fused-ring (bicyclic) bond motifs is 4. The molecule has 30 heavy (non-hydrogen) atoms. The van der Waals surface area contributed by atoms with E-state index in [1.54, 1.807) is 7.11 Å². The minimum absolute atomic E-state index is 0.448. The highest BCUT2D eigenvalue weighted by molar-refractivity contribution is 5.83. The molecule has 1 N–H and O–H groups in total. The number of rotatable bonds is 3. The monoisotopic (exact) mass is 399 g/mol. The van der Waals surface area contributed by atoms with Crippen LogP contribution in [0.5, 0.6) is 17.2 Å². The van der Waals surface area contributed by atoms with Crippen molar-refractivity contribution < 1.29 is 9.47 Å². The lowest BCUT2D eigenvalue weighted by molar-refractivity contribution is 0.347. The van der Waals surface area contributed by atoms with Crippen molar-refractivity contribution in [2.24, 2.45) is 0 Å². The Morgan fingerprint density at radius 1 is 0.967 bits per heavy atom. The number of nitrogens with one attached hydrogen (secondary N) is 1. The quantitative estimate of drug-likeness (QED) is 0.649. The average Bonchev–Trinajstić information content (AvgIpc) is 3.14. The summed E-state index contributed by atoms with van der Waals surface area (Å²) in [5.41, 5.74) is 4.50. The van der Waals surface area contributed by atoms with Crippen molar-refractivity contribution in [3.63, 3.8) is 0 Å². The van der Waals surface area contributed by atoms with E-state index in [0.29, 0.717) is 18.1 Å². The fourth-order valence-electron chi connectivity index (χ4n) is 5.35. The zero-order chi connectivity index (χ0) is 20.1. The molecule has 2 bridgehead atoms. The minimum Gasteiger partial charge on any atom is -0.493 e. The molecule has 2 fully saturated rings. The van der Waals surface area contributed by atoms with Crippen LogP contribution in [0.25, 0.3) is 11.1 Å². The number of hydrogen-bond donors (Lipinski definition) is 1. The van der Waals surface area contributed by atoms with Gasteiger partial charge in [-0.25, -0.2) is 0 Å². The molecule has 1 unspecified atom stereocenters. The van der Waals surface area contributed by atoms with Crippen LogP contribution in [0.3, 0.4) is 0 Å². The summed E-state index contributed by atoms with van der Waals surface area (Å²) in [6, 6.07) is 18.5. The van der Waals surface area contributed by atoms with Crippen LogP contribution >= 0.6 is 0 Å². The molecule has 2 saturated heterocycles. The maximum Gasteiger partial charge on any atom is 0.192 e. The fraction of sp³-hybridized carbons (Fsp3) is 0.320. The average molecular weight is 399 g/mol. The molecule has 5 heteroatoms. The molecule has 0 aliphatic carbocycles. The Balaban J connectivity index is 1.48. The van der Waals surface area contributed by atoms with Crippen LogP contribution in [0.2, 0.25) is 0 Å². The number of aromatic nitrogens is 1. The SMILES string of the molecule is COc1cccc2c1Oc1cc(-c3ccncc3)ccc1N2C1C[C@H]2CC[C@@H](C1)N2. The molecule has 0 amide bonds. The van der Waals surface area contributed by atoms with Crippen molar-refractivity contribution in [1.29, 1.82) is 0 Å². The van der Waals surface area contributed by atoms with Crippen molar-refractivity contribution >= 4 is 11.4 Å². The number of benzene rings is 2. The Hall–Kier alpha value is -3.05. The van der Waals surface area contributed by atoms with E-state index in [1.165, 1.54) is 12.8 Å². The van der Waals surface area contributed by atoms with Gasteiger partial charge in [0.05, 0.1) is 18.5 Å². The second-order valence-corrected chi connectivity index (χ2v) is 8.46. The van der Waals surface area contributed by atoms with Gasteiger partial charge in [-0.15, -0.1) is 0 Å². The first-order valence-corrected chi connectivity index (χ1v) is 10.7. The molecule has 0 spiro atoms. The van der Waals surface area contributed by atoms with Crippen LogP contribution in [-0.4, -0.2) is 30.2 Å². The van der Waals surface area contributed by atoms with E-state index in [9.17, 15) is 0 Å². The first-order chi connectivity index (χ1) is 14.8. The van der Waals surface area contributed by atoms with Crippen molar-refractivity contribution in [3.8, 4) is 28.4 Å². The second-order valence-electron chi connectivity index (χ2n) is 8.46. The zero-order valence-electron chi connectivity index (χ0n) is 17.0. The van der Waals surface area contributed by atoms with Gasteiger partial charge in [-0.2, -0.15) is 0 Å². The summed E-state index contributed by atoms with van der Waals surface area (Å²) in [4.78, 5) is 6.64. The number of pyridine rings is 1. The molecule has 2 aromatic carbocycles. The third-order valence-electron chi connectivity index (χ3n) is 6.70. The van der Waals surface area contributed by atoms with Gasteiger partial charge in [0.1, 0.15) is 0 Å². The van der Waals surface area contributed by atoms with Crippen LogP contribution in [0, 0.1) is 0 Å². The van der Waals surface area contributed by atoms with E-state index in [2.05, 4.69) is 45.5 Å². The Morgan fingerprint density at radius 2 is 1.77 bits per heavy atom. The van der Waals surface area contributed by atoms with Gasteiger partial charge in [0.25, 0.3) is 0 Å². The largest absolute Gasteiger partial charge is 0.493 e. The smallest absolute Gasteiger partial charge is 0.192 e. The summed E-state index contributed by atoms with van der Waals surface area (Å²) in [6.07, 6.45) is 8.52. The predicted molar refractivity (Wildman–Crippen MR) is 118 cm³/mol. The van der Waals surface area contributed by atoms with Gasteiger partial charge in [-0.05, 0) is 73.2 Å². The van der Waals surface area contributed by atoms with Crippen molar-refractivity contribution in [3.05, 3.63) is 60.9 Å². The van der Waals surface area contributed by atoms with Crippen LogP contribution in [0.4, 0.5) is 11.4 Å². The number of methoxy groups -OCH3 is 1. The van der Waals surface area contributed by atoms with E-state index >= 15 is 0 Å². The van der Waals surface area contributed by atoms with Gasteiger partial charge < -0.3 is 19.7 Å². The van der Waals surface area contributed by atoms with Gasteiger partial charge in [0.15, 0.2) is 17.2 Å². The summed E-state index contributed by atoms with van der Waals surface area (Å²) >= 11 is 0. The van der Waals surface area contributed by atoms with Crippen LogP contribution in [0.15, 0.2) is 60.9 Å². The lowest BCUT2D eigenvalue weighted by atomic mass is 9.95. The number of anilines is 2. The first kappa shape index (κ1) is 17.8. The Kier molecular flexibility index (Phi) is 4.16. The molecular weight excluding hydrogens is 374 g/mol. The van der Waals surface area contributed by atoms with Crippen LogP contribution in [0.1, 0.15) is 25.7 Å². The highest BCUT2D eigenvalue weighted by atomic mass is 16.5. The lowest BCUT2D eigenvalue weighted by Gasteiger charge is -2.42. The molecule has 3 atom stereocenters. The number of piperidine rings is 1. The predicted octanol–water partition coefficient (Wildman–Crippen LogP) is 5.28. The molecule has 3 aliphatic heterocycles. The molecule has 152 valence electrons. The zero-order valence-corrected chi connectivity index (χ0v) is 17.0. The van der Waals surface area contributed by atoms with E-state index in [0.717, 1.165) is 52.6 Å². The van der Waals surface area contributed by atoms with Gasteiger partial charge in [-0.3, -0.25) is 4.98 Å². The summed E-state index contributed by atoms with van der Waals surface area (Å²) in [6.45, 7) is 0. The first-order valence-electron chi connectivity index (χ1n) is 10.7. The Bertz CT molecular complexity index is 1070. The highest BCUT2D eigenvalue weighted by Crippen LogP contribution is 2.53. The standard InChI is InChI=1S/C25H25N3O2/c1-29-23-4-2-3-22-25(23)30-24-13-17(16-9-11-26-12-10-16)5-8-21(24)28(22)20-14-18-6-7-19(15-20)27-18/h2-5,8-13,18-20,27H,6-7,14-15H2,1H3/t18-,19+,20?. The maximum absolute atomic E-state index is 6.45. The fourth-order valence-corrected chi connectivity index (χ4v) is 5.35. The lowest BCUT2D eigenvalue weighted by Crippen LogP contribution is -2.47. The summed E-state index contributed by atoms with van der Waals surface area (Å²) in [5, 5.41) is 3.77. The van der Waals surface area contributed by atoms with Crippen LogP contribution in [-0.2, 0) is 0 Å². The van der Waals surface area contributed by atoms with Crippen molar-refractivity contribution in [2.45, 2.75) is 43.8 Å². The number of hydrogen-bond acceptors (Lipinski definition) is 5. The minimum atomic E-state index is 0.448. The van der Waals surface area contributed by atoms with Crippen LogP contribution < -0.4 is 19.7 Å². The van der Waals surface area contributed by atoms with Gasteiger partial charge in [0, 0.05) is 30.5 Å². The molecule has 1 aromatic heterocycles. The van der Waals surface area contributed by atoms with E-state index < -0.39 is 0 Å². The molecule has 3 aliphatic rings. The summed E-state index contributed by atoms with van der Waals surface area (Å²) in [5.74, 6) is 2.46. The van der Waals surface area contributed by atoms with Gasteiger partial charge in [-0.1, -0.05) is 12.1 Å². The molecule has 6 rings (SSSR count). The highest BCUT2D eigenvalue weighted by Gasteiger charge is 2.40. The summed E-state index contributed by atoms with van der Waals surface area (Å²) in [7, 11) is 1.71. The van der Waals surface area contributed by atoms with Crippen molar-refractivity contribution in [2.75, 3.05) is 12.0 Å². The third kappa shape index (κ3) is 2.84. The maximum atomic E-state index is 6.45. The number of para-hydroxylation sites is 1. The molecule has 3 aromatic rings. The molecular formula is C25H25N3O2. The van der Waals surface area contributed by atoms with E-state index in [-0.39, 0.29) is 0 Å². The Morgan fingerprint density at radius 3 is 2.53 bits per heavy atom. The third-order valence-corrected chi connectivity index (χ3v) is 6.70. The summed E-state index contributed by atoms with van der Waals surface area (Å²) < 4.78 is 12.1. The number of nitrogens with zero attached hydrogens (tertiary/aromatic N) is 2. The topological polar surface area (TPSA) is 46.6 Å². The molecule has 0 saturated carbocycles. The molecule has 5 nitrogen and oxygen atoms in total. The molecule has 0 radical (unpaired) electrons. The van der Waals surface area contributed by atoms with Gasteiger partial charge in [0.2, 0.25) is 0 Å². The normalized spacial score (nSPS) is 24.0.